The second-order valence-electron chi connectivity index (χ2n) is 5.31. The summed E-state index contributed by atoms with van der Waals surface area (Å²) in [6.07, 6.45) is 0. The minimum absolute atomic E-state index is 0.0850. The number of thioether (sulfide) groups is 2. The van der Waals surface area contributed by atoms with Crippen molar-refractivity contribution < 1.29 is 4.79 Å². The van der Waals surface area contributed by atoms with Gasteiger partial charge in [-0.15, -0.1) is 23.5 Å². The van der Waals surface area contributed by atoms with Crippen molar-refractivity contribution in [2.24, 2.45) is 0 Å². The predicted octanol–water partition coefficient (Wildman–Crippen LogP) is 4.84. The third kappa shape index (κ3) is 5.05. The number of carbonyl (C=O) groups excluding carboxylic acids is 1. The van der Waals surface area contributed by atoms with Crippen LogP contribution in [0.5, 0.6) is 0 Å². The first-order valence-corrected chi connectivity index (χ1v) is 9.84. The molecule has 0 radical (unpaired) electrons. The van der Waals surface area contributed by atoms with E-state index in [9.17, 15) is 4.79 Å². The van der Waals surface area contributed by atoms with Crippen molar-refractivity contribution in [2.45, 2.75) is 9.79 Å². The Morgan fingerprint density at radius 1 is 0.792 bits per heavy atom. The molecule has 122 valence electrons. The minimum atomic E-state index is 0.0850. The molecule has 1 N–H and O–H groups in total. The number of rotatable bonds is 7. The Balaban J connectivity index is 1.40. The fourth-order valence-corrected chi connectivity index (χ4v) is 3.90. The second kappa shape index (κ2) is 8.81. The molecule has 0 bridgehead atoms. The van der Waals surface area contributed by atoms with Crippen LogP contribution >= 0.6 is 23.5 Å². The molecule has 3 aromatic carbocycles. The number of carbonyl (C=O) groups is 1. The molecule has 24 heavy (non-hydrogen) atoms. The van der Waals surface area contributed by atoms with Gasteiger partial charge in [0.2, 0.25) is 5.91 Å². The van der Waals surface area contributed by atoms with E-state index in [0.29, 0.717) is 12.3 Å². The summed E-state index contributed by atoms with van der Waals surface area (Å²) in [4.78, 5) is 14.3. The van der Waals surface area contributed by atoms with Crippen molar-refractivity contribution in [3.05, 3.63) is 72.8 Å². The summed E-state index contributed by atoms with van der Waals surface area (Å²) in [5.41, 5.74) is 0. The number of nitrogens with one attached hydrogen (secondary N) is 1. The highest BCUT2D eigenvalue weighted by Crippen LogP contribution is 2.23. The van der Waals surface area contributed by atoms with E-state index in [1.54, 1.807) is 23.5 Å². The molecule has 0 aliphatic carbocycles. The monoisotopic (exact) mass is 353 g/mol. The third-order valence-corrected chi connectivity index (χ3v) is 5.53. The molecule has 0 atom stereocenters. The van der Waals surface area contributed by atoms with Crippen molar-refractivity contribution in [1.82, 2.24) is 5.32 Å². The van der Waals surface area contributed by atoms with Gasteiger partial charge in [-0.05, 0) is 35.0 Å². The van der Waals surface area contributed by atoms with Crippen LogP contribution in [0, 0.1) is 0 Å². The molecule has 0 unspecified atom stereocenters. The Morgan fingerprint density at radius 2 is 1.54 bits per heavy atom. The lowest BCUT2D eigenvalue weighted by Crippen LogP contribution is -2.27. The fraction of sp³-hybridized carbons (Fsp3) is 0.150. The van der Waals surface area contributed by atoms with Crippen LogP contribution in [0.4, 0.5) is 0 Å². The molecule has 2 nitrogen and oxygen atoms in total. The lowest BCUT2D eigenvalue weighted by Gasteiger charge is -2.06. The van der Waals surface area contributed by atoms with Gasteiger partial charge in [0.1, 0.15) is 0 Å². The zero-order valence-electron chi connectivity index (χ0n) is 13.3. The van der Waals surface area contributed by atoms with Gasteiger partial charge in [0.05, 0.1) is 5.75 Å². The van der Waals surface area contributed by atoms with Gasteiger partial charge in [-0.2, -0.15) is 0 Å². The van der Waals surface area contributed by atoms with Crippen LogP contribution in [0.3, 0.4) is 0 Å². The molecule has 0 heterocycles. The van der Waals surface area contributed by atoms with Gasteiger partial charge in [0.25, 0.3) is 0 Å². The van der Waals surface area contributed by atoms with Crippen LogP contribution in [0.25, 0.3) is 10.8 Å². The fourth-order valence-electron chi connectivity index (χ4n) is 2.33. The van der Waals surface area contributed by atoms with Crippen LogP contribution in [-0.4, -0.2) is 24.0 Å². The summed E-state index contributed by atoms with van der Waals surface area (Å²) >= 11 is 3.34. The molecule has 0 aliphatic rings. The largest absolute Gasteiger partial charge is 0.355 e. The van der Waals surface area contributed by atoms with Crippen LogP contribution in [0.15, 0.2) is 82.6 Å². The first-order valence-electron chi connectivity index (χ1n) is 7.87. The van der Waals surface area contributed by atoms with E-state index in [0.717, 1.165) is 10.6 Å². The van der Waals surface area contributed by atoms with E-state index in [-0.39, 0.29) is 5.91 Å². The van der Waals surface area contributed by atoms with Crippen LogP contribution in [-0.2, 0) is 4.79 Å². The lowest BCUT2D eigenvalue weighted by molar-refractivity contribution is -0.118. The number of benzene rings is 3. The molecule has 0 fully saturated rings. The second-order valence-corrected chi connectivity index (χ2v) is 7.53. The Hall–Kier alpha value is -1.91. The van der Waals surface area contributed by atoms with Crippen LogP contribution < -0.4 is 5.32 Å². The summed E-state index contributed by atoms with van der Waals surface area (Å²) in [7, 11) is 0. The molecular formula is C20H19NOS2. The number of hydrogen-bond acceptors (Lipinski definition) is 3. The topological polar surface area (TPSA) is 29.1 Å². The molecule has 1 amide bonds. The Labute approximate surface area is 151 Å². The Bertz CT molecular complexity index is 805. The van der Waals surface area contributed by atoms with Gasteiger partial charge in [0, 0.05) is 22.1 Å². The number of amides is 1. The molecule has 0 spiro atoms. The lowest BCUT2D eigenvalue weighted by atomic mass is 10.1. The first kappa shape index (κ1) is 16.9. The number of hydrogen-bond donors (Lipinski definition) is 1. The summed E-state index contributed by atoms with van der Waals surface area (Å²) in [5, 5.41) is 5.42. The first-order chi connectivity index (χ1) is 11.8. The van der Waals surface area contributed by atoms with Gasteiger partial charge >= 0.3 is 0 Å². The van der Waals surface area contributed by atoms with Crippen LogP contribution in [0.1, 0.15) is 0 Å². The quantitative estimate of drug-likeness (QED) is 0.487. The standard InChI is InChI=1S/C20H19NOS2/c22-20(21-12-13-23-18-8-2-1-3-9-18)15-24-19-11-10-16-6-4-5-7-17(16)14-19/h1-11,14H,12-13,15H2,(H,21,22). The minimum Gasteiger partial charge on any atom is -0.355 e. The van der Waals surface area contributed by atoms with E-state index in [4.69, 9.17) is 0 Å². The maximum Gasteiger partial charge on any atom is 0.230 e. The summed E-state index contributed by atoms with van der Waals surface area (Å²) in [5.74, 6) is 1.42. The summed E-state index contributed by atoms with van der Waals surface area (Å²) < 4.78 is 0. The van der Waals surface area contributed by atoms with E-state index in [2.05, 4.69) is 47.8 Å². The highest BCUT2D eigenvalue weighted by atomic mass is 32.2. The predicted molar refractivity (Wildman–Crippen MR) is 105 cm³/mol. The van der Waals surface area contributed by atoms with E-state index in [1.807, 2.05) is 30.3 Å². The molecule has 3 rings (SSSR count). The maximum absolute atomic E-state index is 12.0. The van der Waals surface area contributed by atoms with Gasteiger partial charge in [0.15, 0.2) is 0 Å². The van der Waals surface area contributed by atoms with Crippen molar-refractivity contribution in [3.63, 3.8) is 0 Å². The molecule has 3 aromatic rings. The van der Waals surface area contributed by atoms with E-state index < -0.39 is 0 Å². The van der Waals surface area contributed by atoms with E-state index in [1.165, 1.54) is 15.7 Å². The van der Waals surface area contributed by atoms with Crippen molar-refractivity contribution in [1.29, 1.82) is 0 Å². The molecule has 0 aliphatic heterocycles. The van der Waals surface area contributed by atoms with E-state index >= 15 is 0 Å². The maximum atomic E-state index is 12.0. The molecule has 0 aromatic heterocycles. The van der Waals surface area contributed by atoms with Crippen molar-refractivity contribution in [2.75, 3.05) is 18.1 Å². The molecular weight excluding hydrogens is 334 g/mol. The SMILES string of the molecule is O=C(CSc1ccc2ccccc2c1)NCCSc1ccccc1. The van der Waals surface area contributed by atoms with Crippen molar-refractivity contribution >= 4 is 40.2 Å². The third-order valence-electron chi connectivity index (χ3n) is 3.53. The molecule has 4 heteroatoms. The molecule has 0 saturated heterocycles. The van der Waals surface area contributed by atoms with Crippen molar-refractivity contribution in [3.8, 4) is 0 Å². The summed E-state index contributed by atoms with van der Waals surface area (Å²) in [6, 6.07) is 24.8. The normalized spacial score (nSPS) is 10.7. The van der Waals surface area contributed by atoms with Gasteiger partial charge in [-0.25, -0.2) is 0 Å². The Morgan fingerprint density at radius 3 is 2.38 bits per heavy atom. The van der Waals surface area contributed by atoms with Gasteiger partial charge in [-0.1, -0.05) is 48.5 Å². The zero-order valence-corrected chi connectivity index (χ0v) is 14.9. The Kier molecular flexibility index (Phi) is 6.21. The van der Waals surface area contributed by atoms with Gasteiger partial charge < -0.3 is 5.32 Å². The molecule has 0 saturated carbocycles. The highest BCUT2D eigenvalue weighted by Gasteiger charge is 2.03. The smallest absolute Gasteiger partial charge is 0.230 e. The van der Waals surface area contributed by atoms with Crippen LogP contribution in [0.2, 0.25) is 0 Å². The van der Waals surface area contributed by atoms with Gasteiger partial charge in [-0.3, -0.25) is 4.79 Å². The summed E-state index contributed by atoms with van der Waals surface area (Å²) in [6.45, 7) is 0.691. The number of fused-ring (bicyclic) bond motifs is 1. The average molecular weight is 354 g/mol. The zero-order chi connectivity index (χ0) is 16.6. The highest BCUT2D eigenvalue weighted by molar-refractivity contribution is 8.00. The average Bonchev–Trinajstić information content (AvgIpc) is 2.64.